The molecule has 0 saturated carbocycles. The van der Waals surface area contributed by atoms with Crippen molar-refractivity contribution in [2.75, 3.05) is 0 Å². The lowest BCUT2D eigenvalue weighted by atomic mass is 10.2. The summed E-state index contributed by atoms with van der Waals surface area (Å²) in [6, 6.07) is 7.79. The molecule has 0 aliphatic carbocycles. The predicted molar refractivity (Wildman–Crippen MR) is 58.4 cm³/mol. The SMILES string of the molecule is CC(O)c1ccn(Cc2ccccn2)c1. The van der Waals surface area contributed by atoms with Crippen LogP contribution in [0.1, 0.15) is 24.3 Å². The van der Waals surface area contributed by atoms with E-state index in [0.29, 0.717) is 0 Å². The van der Waals surface area contributed by atoms with Gasteiger partial charge < -0.3 is 9.67 Å². The normalized spacial score (nSPS) is 12.7. The summed E-state index contributed by atoms with van der Waals surface area (Å²) >= 11 is 0. The highest BCUT2D eigenvalue weighted by Gasteiger charge is 2.02. The van der Waals surface area contributed by atoms with Crippen LogP contribution >= 0.6 is 0 Å². The third-order valence-electron chi connectivity index (χ3n) is 2.33. The minimum atomic E-state index is -0.407. The Morgan fingerprint density at radius 1 is 1.40 bits per heavy atom. The van der Waals surface area contributed by atoms with Gasteiger partial charge in [0.05, 0.1) is 18.3 Å². The van der Waals surface area contributed by atoms with Gasteiger partial charge in [0.2, 0.25) is 0 Å². The van der Waals surface area contributed by atoms with Crippen molar-refractivity contribution in [3.8, 4) is 0 Å². The molecule has 3 heteroatoms. The lowest BCUT2D eigenvalue weighted by molar-refractivity contribution is 0.199. The fourth-order valence-corrected chi connectivity index (χ4v) is 1.48. The molecule has 0 bridgehead atoms. The molecular weight excluding hydrogens is 188 g/mol. The quantitative estimate of drug-likeness (QED) is 0.826. The maximum Gasteiger partial charge on any atom is 0.0776 e. The molecule has 1 N–H and O–H groups in total. The lowest BCUT2D eigenvalue weighted by Crippen LogP contribution is -1.98. The fraction of sp³-hybridized carbons (Fsp3) is 0.250. The molecule has 0 aliphatic heterocycles. The van der Waals surface area contributed by atoms with Gasteiger partial charge in [-0.15, -0.1) is 0 Å². The van der Waals surface area contributed by atoms with E-state index in [1.807, 2.05) is 41.2 Å². The van der Waals surface area contributed by atoms with Gasteiger partial charge in [-0.1, -0.05) is 6.07 Å². The summed E-state index contributed by atoms with van der Waals surface area (Å²) in [5.74, 6) is 0. The van der Waals surface area contributed by atoms with E-state index in [1.165, 1.54) is 0 Å². The van der Waals surface area contributed by atoms with Crippen LogP contribution in [-0.2, 0) is 6.54 Å². The second kappa shape index (κ2) is 4.28. The number of hydrogen-bond donors (Lipinski definition) is 1. The molecule has 0 saturated heterocycles. The van der Waals surface area contributed by atoms with Crippen LogP contribution in [0.3, 0.4) is 0 Å². The summed E-state index contributed by atoms with van der Waals surface area (Å²) in [7, 11) is 0. The average molecular weight is 202 g/mol. The van der Waals surface area contributed by atoms with E-state index >= 15 is 0 Å². The molecule has 15 heavy (non-hydrogen) atoms. The van der Waals surface area contributed by atoms with Gasteiger partial charge >= 0.3 is 0 Å². The van der Waals surface area contributed by atoms with Crippen molar-refractivity contribution in [3.63, 3.8) is 0 Å². The molecule has 2 aromatic rings. The van der Waals surface area contributed by atoms with Gasteiger partial charge in [0.25, 0.3) is 0 Å². The Hall–Kier alpha value is -1.61. The van der Waals surface area contributed by atoms with Crippen molar-refractivity contribution in [2.24, 2.45) is 0 Å². The number of aromatic nitrogens is 2. The van der Waals surface area contributed by atoms with Gasteiger partial charge in [0.1, 0.15) is 0 Å². The second-order valence-corrected chi connectivity index (χ2v) is 3.61. The smallest absolute Gasteiger partial charge is 0.0776 e. The van der Waals surface area contributed by atoms with E-state index < -0.39 is 6.10 Å². The Labute approximate surface area is 89.0 Å². The van der Waals surface area contributed by atoms with Crippen molar-refractivity contribution in [1.82, 2.24) is 9.55 Å². The topological polar surface area (TPSA) is 38.0 Å². The van der Waals surface area contributed by atoms with E-state index in [2.05, 4.69) is 4.98 Å². The molecule has 0 aliphatic rings. The highest BCUT2D eigenvalue weighted by atomic mass is 16.3. The van der Waals surface area contributed by atoms with Crippen LogP contribution < -0.4 is 0 Å². The molecule has 78 valence electrons. The van der Waals surface area contributed by atoms with Crippen molar-refractivity contribution in [1.29, 1.82) is 0 Å². The van der Waals surface area contributed by atoms with E-state index in [1.54, 1.807) is 13.1 Å². The number of aliphatic hydroxyl groups is 1. The Morgan fingerprint density at radius 3 is 2.87 bits per heavy atom. The van der Waals surface area contributed by atoms with Crippen molar-refractivity contribution in [3.05, 3.63) is 54.1 Å². The first kappa shape index (κ1) is 9.93. The predicted octanol–water partition coefficient (Wildman–Crippen LogP) is 1.98. The number of nitrogens with zero attached hydrogens (tertiary/aromatic N) is 2. The summed E-state index contributed by atoms with van der Waals surface area (Å²) in [5, 5.41) is 9.37. The molecule has 1 atom stereocenters. The first-order valence-electron chi connectivity index (χ1n) is 4.99. The molecule has 0 fully saturated rings. The number of aliphatic hydroxyl groups excluding tert-OH is 1. The highest BCUT2D eigenvalue weighted by molar-refractivity contribution is 5.14. The summed E-state index contributed by atoms with van der Waals surface area (Å²) in [6.07, 6.45) is 5.28. The molecule has 0 aromatic carbocycles. The van der Waals surface area contributed by atoms with Gasteiger partial charge in [0, 0.05) is 18.6 Å². The zero-order valence-corrected chi connectivity index (χ0v) is 8.67. The third-order valence-corrected chi connectivity index (χ3v) is 2.33. The molecular formula is C12H14N2O. The van der Waals surface area contributed by atoms with Gasteiger partial charge in [-0.2, -0.15) is 0 Å². The van der Waals surface area contributed by atoms with E-state index in [9.17, 15) is 5.11 Å². The maximum absolute atomic E-state index is 9.37. The van der Waals surface area contributed by atoms with Crippen molar-refractivity contribution >= 4 is 0 Å². The number of hydrogen-bond acceptors (Lipinski definition) is 2. The summed E-state index contributed by atoms with van der Waals surface area (Å²) in [5.41, 5.74) is 1.95. The molecule has 1 unspecified atom stereocenters. The number of pyridine rings is 1. The van der Waals surface area contributed by atoms with E-state index in [0.717, 1.165) is 17.8 Å². The first-order chi connectivity index (χ1) is 7.25. The first-order valence-corrected chi connectivity index (χ1v) is 4.99. The van der Waals surface area contributed by atoms with Gasteiger partial charge in [-0.25, -0.2) is 0 Å². The summed E-state index contributed by atoms with van der Waals surface area (Å²) in [6.45, 7) is 2.51. The Kier molecular flexibility index (Phi) is 2.83. The van der Waals surface area contributed by atoms with Gasteiger partial charge in [-0.3, -0.25) is 4.98 Å². The zero-order chi connectivity index (χ0) is 10.7. The lowest BCUT2D eigenvalue weighted by Gasteiger charge is -2.02. The zero-order valence-electron chi connectivity index (χ0n) is 8.67. The molecule has 2 rings (SSSR count). The van der Waals surface area contributed by atoms with Crippen LogP contribution in [-0.4, -0.2) is 14.7 Å². The Balaban J connectivity index is 2.12. The van der Waals surface area contributed by atoms with Crippen LogP contribution in [0.5, 0.6) is 0 Å². The molecule has 2 heterocycles. The van der Waals surface area contributed by atoms with Crippen LogP contribution in [0.2, 0.25) is 0 Å². The van der Waals surface area contributed by atoms with E-state index in [-0.39, 0.29) is 0 Å². The molecule has 0 radical (unpaired) electrons. The van der Waals surface area contributed by atoms with Crippen LogP contribution in [0.25, 0.3) is 0 Å². The van der Waals surface area contributed by atoms with E-state index in [4.69, 9.17) is 0 Å². The minimum Gasteiger partial charge on any atom is -0.389 e. The summed E-state index contributed by atoms with van der Waals surface area (Å²) < 4.78 is 2.02. The molecule has 0 amide bonds. The highest BCUT2D eigenvalue weighted by Crippen LogP contribution is 2.12. The molecule has 2 aromatic heterocycles. The van der Waals surface area contributed by atoms with Crippen LogP contribution in [0, 0.1) is 0 Å². The third kappa shape index (κ3) is 2.44. The van der Waals surface area contributed by atoms with Crippen LogP contribution in [0.15, 0.2) is 42.9 Å². The average Bonchev–Trinajstić information content (AvgIpc) is 2.68. The largest absolute Gasteiger partial charge is 0.389 e. The van der Waals surface area contributed by atoms with Gasteiger partial charge in [-0.05, 0) is 30.7 Å². The molecule has 0 spiro atoms. The second-order valence-electron chi connectivity index (χ2n) is 3.61. The Bertz CT molecular complexity index is 420. The van der Waals surface area contributed by atoms with Crippen molar-refractivity contribution in [2.45, 2.75) is 19.6 Å². The maximum atomic E-state index is 9.37. The standard InChI is InChI=1S/C12H14N2O/c1-10(15)11-5-7-14(8-11)9-12-4-2-3-6-13-12/h2-8,10,15H,9H2,1H3. The molecule has 3 nitrogen and oxygen atoms in total. The minimum absolute atomic E-state index is 0.407. The van der Waals surface area contributed by atoms with Crippen LogP contribution in [0.4, 0.5) is 0 Å². The van der Waals surface area contributed by atoms with Gasteiger partial charge in [0.15, 0.2) is 0 Å². The monoisotopic (exact) mass is 202 g/mol. The summed E-state index contributed by atoms with van der Waals surface area (Å²) in [4.78, 5) is 4.24. The van der Waals surface area contributed by atoms with Crippen molar-refractivity contribution < 1.29 is 5.11 Å². The Morgan fingerprint density at radius 2 is 2.27 bits per heavy atom. The fourth-order valence-electron chi connectivity index (χ4n) is 1.48. The number of rotatable bonds is 3.